The molecule has 1 aliphatic heterocycles. The Morgan fingerprint density at radius 2 is 2.00 bits per heavy atom. The molecule has 0 radical (unpaired) electrons. The van der Waals surface area contributed by atoms with Gasteiger partial charge >= 0.3 is 11.9 Å². The number of carbonyl (C=O) groups excluding carboxylic acids is 1. The van der Waals surface area contributed by atoms with E-state index in [1.807, 2.05) is 0 Å². The largest absolute Gasteiger partial charge is 0.480 e. The van der Waals surface area contributed by atoms with Crippen LogP contribution in [-0.4, -0.2) is 57.4 Å². The number of nitrogens with zero attached hydrogens (tertiary/aromatic N) is 2. The van der Waals surface area contributed by atoms with Gasteiger partial charge in [-0.15, -0.1) is 5.06 Å². The molecule has 2 aromatic rings. The maximum absolute atomic E-state index is 14.5. The summed E-state index contributed by atoms with van der Waals surface area (Å²) in [6, 6.07) is 8.94. The highest BCUT2D eigenvalue weighted by molar-refractivity contribution is 5.86. The summed E-state index contributed by atoms with van der Waals surface area (Å²) in [6.45, 7) is 0.594. The number of nitrogens with one attached hydrogen (secondary N) is 1. The van der Waals surface area contributed by atoms with E-state index in [-0.39, 0.29) is 24.6 Å². The first-order valence-corrected chi connectivity index (χ1v) is 13.2. The highest BCUT2D eigenvalue weighted by Gasteiger charge is 2.56. The second-order valence-corrected chi connectivity index (χ2v) is 10.5. The Labute approximate surface area is 215 Å². The van der Waals surface area contributed by atoms with Gasteiger partial charge in [-0.25, -0.2) is 14.2 Å². The van der Waals surface area contributed by atoms with Gasteiger partial charge in [0.15, 0.2) is 0 Å². The molecule has 1 aromatic heterocycles. The average molecular weight is 512 g/mol. The lowest BCUT2D eigenvalue weighted by molar-refractivity contribution is -0.236. The minimum Gasteiger partial charge on any atom is -0.480 e. The van der Waals surface area contributed by atoms with E-state index in [1.165, 1.54) is 16.7 Å². The van der Waals surface area contributed by atoms with Crippen LogP contribution in [0.25, 0.3) is 0 Å². The van der Waals surface area contributed by atoms with Crippen LogP contribution in [0.3, 0.4) is 0 Å². The number of rotatable bonds is 11. The minimum atomic E-state index is -1.16. The molecule has 37 heavy (non-hydrogen) atoms. The number of hydrogen-bond acceptors (Lipinski definition) is 7. The first-order chi connectivity index (χ1) is 17.9. The van der Waals surface area contributed by atoms with Crippen LogP contribution in [0.1, 0.15) is 61.8 Å². The molecule has 8 nitrogen and oxygen atoms in total. The number of carbonyl (C=O) groups is 2. The fourth-order valence-corrected chi connectivity index (χ4v) is 5.62. The van der Waals surface area contributed by atoms with Crippen molar-refractivity contribution in [3.8, 4) is 0 Å². The van der Waals surface area contributed by atoms with E-state index in [2.05, 4.69) is 17.4 Å². The van der Waals surface area contributed by atoms with Crippen molar-refractivity contribution in [3.05, 3.63) is 59.0 Å². The van der Waals surface area contributed by atoms with Crippen LogP contribution in [0.4, 0.5) is 10.2 Å². The van der Waals surface area contributed by atoms with Crippen molar-refractivity contribution in [2.24, 2.45) is 5.92 Å². The number of fused-ring (bicyclic) bond motifs is 1. The van der Waals surface area contributed by atoms with Crippen molar-refractivity contribution >= 4 is 17.8 Å². The Morgan fingerprint density at radius 3 is 2.70 bits per heavy atom. The van der Waals surface area contributed by atoms with Crippen LogP contribution in [0.15, 0.2) is 36.4 Å². The monoisotopic (exact) mass is 511 g/mol. The summed E-state index contributed by atoms with van der Waals surface area (Å²) in [4.78, 5) is 35.8. The second-order valence-electron chi connectivity index (χ2n) is 10.5. The number of aryl methyl sites for hydroxylation is 2. The molecule has 0 unspecified atom stereocenters. The molecule has 2 aliphatic carbocycles. The van der Waals surface area contributed by atoms with Crippen molar-refractivity contribution in [1.82, 2.24) is 10.0 Å². The van der Waals surface area contributed by atoms with Crippen LogP contribution in [0, 0.1) is 11.7 Å². The highest BCUT2D eigenvalue weighted by atomic mass is 19.1. The summed E-state index contributed by atoms with van der Waals surface area (Å²) >= 11 is 0. The summed E-state index contributed by atoms with van der Waals surface area (Å²) in [7, 11) is 0. The number of hydrogen-bond donors (Lipinski definition) is 3. The quantitative estimate of drug-likeness (QED) is 0.392. The lowest BCUT2D eigenvalue weighted by atomic mass is 9.76. The van der Waals surface area contributed by atoms with Crippen LogP contribution < -0.4 is 5.32 Å². The zero-order chi connectivity index (χ0) is 26.0. The number of carboxylic acid groups (broad SMARTS) is 1. The highest BCUT2D eigenvalue weighted by Crippen LogP contribution is 2.50. The number of anilines is 1. The molecule has 2 fully saturated rings. The third-order valence-electron chi connectivity index (χ3n) is 8.04. The van der Waals surface area contributed by atoms with Gasteiger partial charge in [0.2, 0.25) is 0 Å². The summed E-state index contributed by atoms with van der Waals surface area (Å²) in [6.07, 6.45) is 6.09. The molecule has 5 rings (SSSR count). The van der Waals surface area contributed by atoms with E-state index in [4.69, 9.17) is 9.82 Å². The number of aromatic nitrogens is 1. The summed E-state index contributed by atoms with van der Waals surface area (Å²) in [5.74, 6) is -0.932. The van der Waals surface area contributed by atoms with Gasteiger partial charge < -0.3 is 20.4 Å². The van der Waals surface area contributed by atoms with Crippen LogP contribution in [0.5, 0.6) is 0 Å². The maximum atomic E-state index is 14.5. The average Bonchev–Trinajstić information content (AvgIpc) is 3.67. The minimum absolute atomic E-state index is 0.0669. The molecule has 0 amide bonds. The van der Waals surface area contributed by atoms with Gasteiger partial charge in [-0.05, 0) is 81.4 Å². The summed E-state index contributed by atoms with van der Waals surface area (Å²) in [5, 5.41) is 23.9. The number of aliphatic hydroxyl groups is 1. The first kappa shape index (κ1) is 25.6. The standard InChI is InChI=1S/C28H34FN3O5/c29-23-6-2-1-5-22(23)28(12-13-28)27(36)37-32(24(11-15-33)26(34)35)21-16-18(17-21)7-9-20-10-8-19-4-3-14-30-25(19)31-20/h1-2,5-6,8,10,18,21,24,33H,3-4,7,9,11-17H2,(H,30,31)(H,34,35)/t18?,21?,24-/m0/s1. The van der Waals surface area contributed by atoms with E-state index >= 15 is 0 Å². The maximum Gasteiger partial charge on any atom is 0.335 e. The van der Waals surface area contributed by atoms with Gasteiger partial charge in [-0.1, -0.05) is 24.3 Å². The number of aliphatic carboxylic acids is 1. The predicted octanol–water partition coefficient (Wildman–Crippen LogP) is 3.62. The normalized spacial score (nSPS) is 22.4. The van der Waals surface area contributed by atoms with Crippen molar-refractivity contribution in [1.29, 1.82) is 0 Å². The lowest BCUT2D eigenvalue weighted by Crippen LogP contribution is -2.54. The SMILES string of the molecule is O=C(O)[C@H](CCO)N(OC(=O)C1(c2ccccc2F)CC1)C1CC(CCc2ccc3c(n2)NCCC3)C1. The molecule has 1 aromatic carbocycles. The van der Waals surface area contributed by atoms with Gasteiger partial charge in [-0.2, -0.15) is 0 Å². The molecule has 0 saturated heterocycles. The molecule has 2 heterocycles. The van der Waals surface area contributed by atoms with Crippen LogP contribution in [-0.2, 0) is 32.7 Å². The lowest BCUT2D eigenvalue weighted by Gasteiger charge is -2.44. The zero-order valence-electron chi connectivity index (χ0n) is 20.9. The van der Waals surface area contributed by atoms with Gasteiger partial charge in [0.05, 0.1) is 5.41 Å². The Kier molecular flexibility index (Phi) is 7.44. The molecule has 3 N–H and O–H groups in total. The number of carboxylic acids is 1. The molecule has 198 valence electrons. The fourth-order valence-electron chi connectivity index (χ4n) is 5.62. The topological polar surface area (TPSA) is 112 Å². The molecular formula is C28H34FN3O5. The molecule has 0 spiro atoms. The summed E-state index contributed by atoms with van der Waals surface area (Å²) in [5.41, 5.74) is 1.49. The van der Waals surface area contributed by atoms with Gasteiger partial charge in [0.25, 0.3) is 0 Å². The predicted molar refractivity (Wildman–Crippen MR) is 134 cm³/mol. The number of halogens is 1. The summed E-state index contributed by atoms with van der Waals surface area (Å²) < 4.78 is 14.5. The van der Waals surface area contributed by atoms with E-state index in [0.717, 1.165) is 43.7 Å². The fraction of sp³-hybridized carbons (Fsp3) is 0.536. The Balaban J connectivity index is 1.23. The van der Waals surface area contributed by atoms with E-state index < -0.39 is 29.2 Å². The molecule has 9 heteroatoms. The molecule has 0 bridgehead atoms. The van der Waals surface area contributed by atoms with Gasteiger partial charge in [-0.3, -0.25) is 4.79 Å². The van der Waals surface area contributed by atoms with E-state index in [0.29, 0.717) is 31.6 Å². The Hall–Kier alpha value is -3.04. The number of hydroxylamine groups is 2. The third-order valence-corrected chi connectivity index (χ3v) is 8.04. The van der Waals surface area contributed by atoms with Gasteiger partial charge in [0.1, 0.15) is 17.7 Å². The van der Waals surface area contributed by atoms with Crippen molar-refractivity contribution in [2.45, 2.75) is 75.3 Å². The smallest absolute Gasteiger partial charge is 0.335 e. The number of benzene rings is 1. The van der Waals surface area contributed by atoms with E-state index in [1.54, 1.807) is 18.2 Å². The van der Waals surface area contributed by atoms with Crippen molar-refractivity contribution in [3.63, 3.8) is 0 Å². The van der Waals surface area contributed by atoms with Crippen LogP contribution in [0.2, 0.25) is 0 Å². The number of pyridine rings is 1. The second kappa shape index (κ2) is 10.8. The van der Waals surface area contributed by atoms with Crippen molar-refractivity contribution < 1.29 is 29.0 Å². The van der Waals surface area contributed by atoms with E-state index in [9.17, 15) is 24.2 Å². The number of aliphatic hydroxyl groups excluding tert-OH is 1. The molecule has 1 atom stereocenters. The first-order valence-electron chi connectivity index (χ1n) is 13.2. The van der Waals surface area contributed by atoms with Crippen LogP contribution >= 0.6 is 0 Å². The zero-order valence-corrected chi connectivity index (χ0v) is 20.9. The van der Waals surface area contributed by atoms with Crippen molar-refractivity contribution in [2.75, 3.05) is 18.5 Å². The molecule has 3 aliphatic rings. The Morgan fingerprint density at radius 1 is 1.22 bits per heavy atom. The van der Waals surface area contributed by atoms with Gasteiger partial charge in [0, 0.05) is 30.5 Å². The molecule has 2 saturated carbocycles. The third kappa shape index (κ3) is 5.33. The molecular weight excluding hydrogens is 477 g/mol. The Bertz CT molecular complexity index is 1150.